The summed E-state index contributed by atoms with van der Waals surface area (Å²) >= 11 is 0. The van der Waals surface area contributed by atoms with Gasteiger partial charge in [0.2, 0.25) is 0 Å². The third kappa shape index (κ3) is 4.86. The van der Waals surface area contributed by atoms with Crippen molar-refractivity contribution in [3.8, 4) is 0 Å². The van der Waals surface area contributed by atoms with E-state index >= 15 is 0 Å². The van der Waals surface area contributed by atoms with E-state index in [2.05, 4.69) is 12.1 Å². The molecule has 3 nitrogen and oxygen atoms in total. The van der Waals surface area contributed by atoms with Crippen molar-refractivity contribution in [1.29, 1.82) is 0 Å². The first-order valence-electron chi connectivity index (χ1n) is 7.36. The van der Waals surface area contributed by atoms with Gasteiger partial charge in [-0.25, -0.2) is 0 Å². The van der Waals surface area contributed by atoms with Crippen LogP contribution in [0.3, 0.4) is 0 Å². The van der Waals surface area contributed by atoms with E-state index < -0.39 is 0 Å². The molecule has 0 aromatic heterocycles. The Labute approximate surface area is 138 Å². The molecule has 2 rings (SSSR count). The van der Waals surface area contributed by atoms with Crippen LogP contribution in [-0.4, -0.2) is 23.9 Å². The van der Waals surface area contributed by atoms with Crippen molar-refractivity contribution < 1.29 is 4.79 Å². The standard InChI is InChI=1S/C18H22N2O.ClH/c1-2-20(13-12-15-6-4-3-5-7-15)18(21)17-10-8-16(14-19)9-11-17;/h3-11H,2,12-14,19H2,1H3;1H. The molecule has 0 unspecified atom stereocenters. The summed E-state index contributed by atoms with van der Waals surface area (Å²) in [6.45, 7) is 3.96. The van der Waals surface area contributed by atoms with E-state index in [0.717, 1.165) is 24.1 Å². The number of nitrogens with zero attached hydrogens (tertiary/aromatic N) is 1. The van der Waals surface area contributed by atoms with Crippen molar-refractivity contribution in [2.24, 2.45) is 5.73 Å². The van der Waals surface area contributed by atoms with Crippen molar-refractivity contribution in [1.82, 2.24) is 4.90 Å². The summed E-state index contributed by atoms with van der Waals surface area (Å²) < 4.78 is 0. The third-order valence-corrected chi connectivity index (χ3v) is 3.62. The second-order valence-electron chi connectivity index (χ2n) is 5.02. The van der Waals surface area contributed by atoms with Gasteiger partial charge < -0.3 is 10.6 Å². The minimum atomic E-state index is 0. The topological polar surface area (TPSA) is 46.3 Å². The molecule has 0 spiro atoms. The summed E-state index contributed by atoms with van der Waals surface area (Å²) in [6.07, 6.45) is 0.876. The average Bonchev–Trinajstić information content (AvgIpc) is 2.56. The average molecular weight is 319 g/mol. The van der Waals surface area contributed by atoms with E-state index in [1.807, 2.05) is 54.3 Å². The minimum absolute atomic E-state index is 0. The van der Waals surface area contributed by atoms with E-state index in [1.54, 1.807) is 0 Å². The molecule has 118 valence electrons. The van der Waals surface area contributed by atoms with Crippen LogP contribution in [0, 0.1) is 0 Å². The molecule has 2 aromatic carbocycles. The highest BCUT2D eigenvalue weighted by molar-refractivity contribution is 5.94. The molecule has 0 aliphatic heterocycles. The quantitative estimate of drug-likeness (QED) is 0.888. The predicted molar refractivity (Wildman–Crippen MR) is 93.3 cm³/mol. The molecular weight excluding hydrogens is 296 g/mol. The Bertz CT molecular complexity index is 569. The van der Waals surface area contributed by atoms with Gasteiger partial charge in [0.15, 0.2) is 0 Å². The Kier molecular flexibility index (Phi) is 7.64. The smallest absolute Gasteiger partial charge is 0.253 e. The van der Waals surface area contributed by atoms with E-state index in [9.17, 15) is 4.79 Å². The number of amides is 1. The number of nitrogens with two attached hydrogens (primary N) is 1. The number of likely N-dealkylation sites (N-methyl/N-ethyl adjacent to an activating group) is 1. The number of carbonyl (C=O) groups is 1. The van der Waals surface area contributed by atoms with Crippen LogP contribution < -0.4 is 5.73 Å². The lowest BCUT2D eigenvalue weighted by Crippen LogP contribution is -2.32. The highest BCUT2D eigenvalue weighted by Gasteiger charge is 2.13. The molecule has 0 bridgehead atoms. The number of rotatable bonds is 6. The van der Waals surface area contributed by atoms with Gasteiger partial charge >= 0.3 is 0 Å². The largest absolute Gasteiger partial charge is 0.339 e. The van der Waals surface area contributed by atoms with Crippen molar-refractivity contribution >= 4 is 18.3 Å². The van der Waals surface area contributed by atoms with Crippen LogP contribution in [0.5, 0.6) is 0 Å². The van der Waals surface area contributed by atoms with Crippen molar-refractivity contribution in [2.45, 2.75) is 19.9 Å². The molecule has 0 radical (unpaired) electrons. The van der Waals surface area contributed by atoms with Crippen LogP contribution in [0.1, 0.15) is 28.4 Å². The zero-order valence-corrected chi connectivity index (χ0v) is 13.7. The van der Waals surface area contributed by atoms with E-state index in [1.165, 1.54) is 5.56 Å². The number of carbonyl (C=O) groups excluding carboxylic acids is 1. The first-order valence-corrected chi connectivity index (χ1v) is 7.36. The van der Waals surface area contributed by atoms with Crippen LogP contribution in [0.25, 0.3) is 0 Å². The summed E-state index contributed by atoms with van der Waals surface area (Å²) in [5.41, 5.74) is 8.60. The fourth-order valence-electron chi connectivity index (χ4n) is 2.28. The van der Waals surface area contributed by atoms with Crippen LogP contribution in [0.15, 0.2) is 54.6 Å². The molecule has 0 aliphatic rings. The van der Waals surface area contributed by atoms with E-state index in [0.29, 0.717) is 13.1 Å². The fourth-order valence-corrected chi connectivity index (χ4v) is 2.28. The van der Waals surface area contributed by atoms with Crippen LogP contribution in [0.2, 0.25) is 0 Å². The first kappa shape index (κ1) is 18.2. The molecule has 4 heteroatoms. The number of hydrogen-bond donors (Lipinski definition) is 1. The normalized spacial score (nSPS) is 9.91. The van der Waals surface area contributed by atoms with Crippen LogP contribution >= 0.6 is 12.4 Å². The SMILES string of the molecule is CCN(CCc1ccccc1)C(=O)c1ccc(CN)cc1.Cl. The lowest BCUT2D eigenvalue weighted by molar-refractivity contribution is 0.0766. The Morgan fingerprint density at radius 3 is 2.18 bits per heavy atom. The van der Waals surface area contributed by atoms with Crippen LogP contribution in [-0.2, 0) is 13.0 Å². The molecule has 0 aliphatic carbocycles. The van der Waals surface area contributed by atoms with Crippen molar-refractivity contribution in [2.75, 3.05) is 13.1 Å². The van der Waals surface area contributed by atoms with Gasteiger partial charge in [-0.15, -0.1) is 12.4 Å². The summed E-state index contributed by atoms with van der Waals surface area (Å²) in [7, 11) is 0. The first-order chi connectivity index (χ1) is 10.2. The van der Waals surface area contributed by atoms with Gasteiger partial charge in [0.1, 0.15) is 0 Å². The maximum atomic E-state index is 12.5. The van der Waals surface area contributed by atoms with Gasteiger partial charge in [-0.3, -0.25) is 4.79 Å². The lowest BCUT2D eigenvalue weighted by atomic mass is 10.1. The third-order valence-electron chi connectivity index (χ3n) is 3.62. The highest BCUT2D eigenvalue weighted by Crippen LogP contribution is 2.09. The molecular formula is C18H23ClN2O. The zero-order chi connectivity index (χ0) is 15.1. The molecule has 2 aromatic rings. The number of halogens is 1. The monoisotopic (exact) mass is 318 g/mol. The Hall–Kier alpha value is -1.84. The summed E-state index contributed by atoms with van der Waals surface area (Å²) in [4.78, 5) is 14.4. The van der Waals surface area contributed by atoms with Crippen molar-refractivity contribution in [3.05, 3.63) is 71.3 Å². The number of benzene rings is 2. The summed E-state index contributed by atoms with van der Waals surface area (Å²) in [6, 6.07) is 17.8. The number of hydrogen-bond acceptors (Lipinski definition) is 2. The fraction of sp³-hybridized carbons (Fsp3) is 0.278. The lowest BCUT2D eigenvalue weighted by Gasteiger charge is -2.21. The highest BCUT2D eigenvalue weighted by atomic mass is 35.5. The van der Waals surface area contributed by atoms with Gasteiger partial charge in [0.25, 0.3) is 5.91 Å². The van der Waals surface area contributed by atoms with Crippen LogP contribution in [0.4, 0.5) is 0 Å². The Morgan fingerprint density at radius 1 is 1.00 bits per heavy atom. The molecule has 22 heavy (non-hydrogen) atoms. The maximum Gasteiger partial charge on any atom is 0.253 e. The van der Waals surface area contributed by atoms with Gasteiger partial charge in [-0.2, -0.15) is 0 Å². The van der Waals surface area contributed by atoms with E-state index in [4.69, 9.17) is 5.73 Å². The van der Waals surface area contributed by atoms with Gasteiger partial charge in [-0.1, -0.05) is 42.5 Å². The summed E-state index contributed by atoms with van der Waals surface area (Å²) in [5, 5.41) is 0. The Morgan fingerprint density at radius 2 is 1.64 bits per heavy atom. The van der Waals surface area contributed by atoms with Gasteiger partial charge in [0, 0.05) is 25.2 Å². The molecule has 0 fully saturated rings. The maximum absolute atomic E-state index is 12.5. The molecule has 1 amide bonds. The second kappa shape index (κ2) is 9.23. The molecule has 0 saturated heterocycles. The van der Waals surface area contributed by atoms with Gasteiger partial charge in [-0.05, 0) is 36.6 Å². The zero-order valence-electron chi connectivity index (χ0n) is 12.9. The molecule has 0 saturated carbocycles. The molecule has 0 atom stereocenters. The van der Waals surface area contributed by atoms with Crippen molar-refractivity contribution in [3.63, 3.8) is 0 Å². The van der Waals surface area contributed by atoms with E-state index in [-0.39, 0.29) is 18.3 Å². The summed E-state index contributed by atoms with van der Waals surface area (Å²) in [5.74, 6) is 0.0806. The minimum Gasteiger partial charge on any atom is -0.339 e. The molecule has 0 heterocycles. The molecule has 2 N–H and O–H groups in total. The van der Waals surface area contributed by atoms with Gasteiger partial charge in [0.05, 0.1) is 0 Å². The Balaban J connectivity index is 0.00000242. The predicted octanol–water partition coefficient (Wildman–Crippen LogP) is 3.27. The second-order valence-corrected chi connectivity index (χ2v) is 5.02.